The van der Waals surface area contributed by atoms with Crippen molar-refractivity contribution in [2.24, 2.45) is 7.05 Å². The maximum Gasteiger partial charge on any atom is 0.146 e. The molecule has 0 radical (unpaired) electrons. The molecule has 2 aliphatic rings. The number of rotatable bonds is 5. The molecule has 0 unspecified atom stereocenters. The Labute approximate surface area is 171 Å². The summed E-state index contributed by atoms with van der Waals surface area (Å²) in [5.41, 5.74) is 2.51. The molecule has 7 heteroatoms. The molecule has 4 heterocycles. The second-order valence-electron chi connectivity index (χ2n) is 8.38. The number of likely N-dealkylation sites (tertiary alicyclic amines) is 1. The number of piperidine rings is 1. The Morgan fingerprint density at radius 1 is 1.07 bits per heavy atom. The minimum Gasteiger partial charge on any atom is -0.379 e. The predicted molar refractivity (Wildman–Crippen MR) is 113 cm³/mol. The summed E-state index contributed by atoms with van der Waals surface area (Å²) >= 11 is 0. The molecule has 1 aromatic carbocycles. The van der Waals surface area contributed by atoms with E-state index in [9.17, 15) is 0 Å². The molecular weight excluding hydrogens is 364 g/mol. The second-order valence-corrected chi connectivity index (χ2v) is 8.38. The maximum atomic E-state index is 5.46. The van der Waals surface area contributed by atoms with Crippen molar-refractivity contribution in [1.29, 1.82) is 0 Å². The van der Waals surface area contributed by atoms with Crippen LogP contribution in [0.2, 0.25) is 0 Å². The number of nitrogens with zero attached hydrogens (tertiary/aromatic N) is 5. The molecule has 7 nitrogen and oxygen atoms in total. The SMILES string of the molecule is Cn1c(CN2CCOCC2)nnc1[C@@H]1CCCN(Cc2cc3ccccc3[nH]2)C1. The summed E-state index contributed by atoms with van der Waals surface area (Å²) in [6.45, 7) is 7.59. The van der Waals surface area contributed by atoms with Crippen molar-refractivity contribution in [3.05, 3.63) is 47.7 Å². The first-order valence-corrected chi connectivity index (χ1v) is 10.7. The van der Waals surface area contributed by atoms with Gasteiger partial charge in [0.05, 0.1) is 19.8 Å². The summed E-state index contributed by atoms with van der Waals surface area (Å²) < 4.78 is 7.68. The third-order valence-electron chi connectivity index (χ3n) is 6.32. The van der Waals surface area contributed by atoms with Crippen LogP contribution >= 0.6 is 0 Å². The number of hydrogen-bond acceptors (Lipinski definition) is 5. The zero-order chi connectivity index (χ0) is 19.6. The van der Waals surface area contributed by atoms with Gasteiger partial charge in [0.2, 0.25) is 0 Å². The minimum absolute atomic E-state index is 0.448. The van der Waals surface area contributed by atoms with Crippen LogP contribution in [-0.2, 0) is 24.9 Å². The summed E-state index contributed by atoms with van der Waals surface area (Å²) in [5, 5.41) is 10.4. The minimum atomic E-state index is 0.448. The van der Waals surface area contributed by atoms with Crippen molar-refractivity contribution in [2.75, 3.05) is 39.4 Å². The van der Waals surface area contributed by atoms with Gasteiger partial charge in [-0.3, -0.25) is 9.80 Å². The van der Waals surface area contributed by atoms with Crippen LogP contribution in [0.1, 0.15) is 36.1 Å². The number of aromatic amines is 1. The highest BCUT2D eigenvalue weighted by atomic mass is 16.5. The maximum absolute atomic E-state index is 5.46. The molecule has 0 amide bonds. The van der Waals surface area contributed by atoms with Crippen LogP contribution in [0, 0.1) is 0 Å². The number of H-pyrrole nitrogens is 1. The summed E-state index contributed by atoms with van der Waals surface area (Å²) in [7, 11) is 2.13. The van der Waals surface area contributed by atoms with Gasteiger partial charge in [-0.25, -0.2) is 0 Å². The van der Waals surface area contributed by atoms with Crippen LogP contribution in [0.4, 0.5) is 0 Å². The lowest BCUT2D eigenvalue weighted by atomic mass is 9.97. The molecule has 2 fully saturated rings. The molecule has 0 spiro atoms. The third-order valence-corrected chi connectivity index (χ3v) is 6.32. The summed E-state index contributed by atoms with van der Waals surface area (Å²) in [4.78, 5) is 8.52. The van der Waals surface area contributed by atoms with E-state index in [2.05, 4.69) is 66.9 Å². The van der Waals surface area contributed by atoms with Gasteiger partial charge in [0.25, 0.3) is 0 Å². The number of ether oxygens (including phenoxy) is 1. The van der Waals surface area contributed by atoms with E-state index in [1.807, 2.05) is 0 Å². The summed E-state index contributed by atoms with van der Waals surface area (Å²) in [6, 6.07) is 10.8. The average molecular weight is 395 g/mol. The zero-order valence-electron chi connectivity index (χ0n) is 17.2. The normalized spacial score (nSPS) is 21.8. The average Bonchev–Trinajstić information content (AvgIpc) is 3.32. The number of fused-ring (bicyclic) bond motifs is 1. The highest BCUT2D eigenvalue weighted by Crippen LogP contribution is 2.27. The van der Waals surface area contributed by atoms with Crippen molar-refractivity contribution < 1.29 is 4.74 Å². The van der Waals surface area contributed by atoms with Crippen LogP contribution in [0.5, 0.6) is 0 Å². The van der Waals surface area contributed by atoms with Crippen molar-refractivity contribution in [3.8, 4) is 0 Å². The van der Waals surface area contributed by atoms with E-state index in [0.717, 1.165) is 64.1 Å². The van der Waals surface area contributed by atoms with Gasteiger partial charge in [-0.2, -0.15) is 0 Å². The van der Waals surface area contributed by atoms with Gasteiger partial charge in [-0.1, -0.05) is 18.2 Å². The molecule has 154 valence electrons. The van der Waals surface area contributed by atoms with Gasteiger partial charge in [-0.15, -0.1) is 10.2 Å². The Hall–Kier alpha value is -2.22. The van der Waals surface area contributed by atoms with E-state index in [1.165, 1.54) is 29.4 Å². The second kappa shape index (κ2) is 8.26. The number of nitrogens with one attached hydrogen (secondary N) is 1. The molecule has 1 atom stereocenters. The Morgan fingerprint density at radius 2 is 1.93 bits per heavy atom. The van der Waals surface area contributed by atoms with Crippen LogP contribution in [0.15, 0.2) is 30.3 Å². The van der Waals surface area contributed by atoms with Crippen molar-refractivity contribution >= 4 is 10.9 Å². The van der Waals surface area contributed by atoms with E-state index in [1.54, 1.807) is 0 Å². The van der Waals surface area contributed by atoms with Gasteiger partial charge >= 0.3 is 0 Å². The Morgan fingerprint density at radius 3 is 2.79 bits per heavy atom. The van der Waals surface area contributed by atoms with Crippen LogP contribution < -0.4 is 0 Å². The highest BCUT2D eigenvalue weighted by molar-refractivity contribution is 5.80. The van der Waals surface area contributed by atoms with Crippen molar-refractivity contribution in [3.63, 3.8) is 0 Å². The smallest absolute Gasteiger partial charge is 0.146 e. The van der Waals surface area contributed by atoms with E-state index in [-0.39, 0.29) is 0 Å². The molecule has 0 bridgehead atoms. The monoisotopic (exact) mass is 394 g/mol. The lowest BCUT2D eigenvalue weighted by Crippen LogP contribution is -2.36. The number of benzene rings is 1. The fraction of sp³-hybridized carbons (Fsp3) is 0.545. The summed E-state index contributed by atoms with van der Waals surface area (Å²) in [5.74, 6) is 2.65. The number of morpholine rings is 1. The van der Waals surface area contributed by atoms with Crippen LogP contribution in [0.25, 0.3) is 10.9 Å². The molecule has 29 heavy (non-hydrogen) atoms. The van der Waals surface area contributed by atoms with Crippen molar-refractivity contribution in [2.45, 2.75) is 31.8 Å². The van der Waals surface area contributed by atoms with Gasteiger partial charge in [0.1, 0.15) is 11.6 Å². The third kappa shape index (κ3) is 4.08. The molecule has 0 saturated carbocycles. The fourth-order valence-electron chi connectivity index (χ4n) is 4.70. The Bertz CT molecular complexity index is 924. The van der Waals surface area contributed by atoms with Gasteiger partial charge in [0.15, 0.2) is 0 Å². The quantitative estimate of drug-likeness (QED) is 0.720. The molecule has 2 aromatic heterocycles. The fourth-order valence-corrected chi connectivity index (χ4v) is 4.70. The highest BCUT2D eigenvalue weighted by Gasteiger charge is 2.26. The molecule has 2 saturated heterocycles. The predicted octanol–water partition coefficient (Wildman–Crippen LogP) is 2.51. The van der Waals surface area contributed by atoms with Gasteiger partial charge in [-0.05, 0) is 36.9 Å². The van der Waals surface area contributed by atoms with Gasteiger partial charge < -0.3 is 14.3 Å². The van der Waals surface area contributed by atoms with E-state index >= 15 is 0 Å². The van der Waals surface area contributed by atoms with E-state index in [0.29, 0.717) is 5.92 Å². The van der Waals surface area contributed by atoms with Gasteiger partial charge in [0, 0.05) is 50.4 Å². The Balaban J connectivity index is 1.25. The first-order chi connectivity index (χ1) is 14.3. The van der Waals surface area contributed by atoms with Crippen LogP contribution in [-0.4, -0.2) is 68.9 Å². The first-order valence-electron chi connectivity index (χ1n) is 10.7. The molecule has 2 aliphatic heterocycles. The topological polar surface area (TPSA) is 62.2 Å². The number of aromatic nitrogens is 4. The molecule has 5 rings (SSSR count). The largest absolute Gasteiger partial charge is 0.379 e. The first kappa shape index (κ1) is 18.8. The molecule has 3 aromatic rings. The lowest BCUT2D eigenvalue weighted by Gasteiger charge is -2.32. The lowest BCUT2D eigenvalue weighted by molar-refractivity contribution is 0.0326. The standard InChI is InChI=1S/C22H30N6O/c1-26-21(16-27-9-11-29-12-10-27)24-25-22(26)18-6-4-8-28(14-18)15-19-13-17-5-2-3-7-20(17)23-19/h2-3,5,7,13,18,23H,4,6,8-12,14-16H2,1H3/t18-/m1/s1. The molecular formula is C22H30N6O. The van der Waals surface area contributed by atoms with Crippen molar-refractivity contribution in [1.82, 2.24) is 29.5 Å². The van der Waals surface area contributed by atoms with Crippen LogP contribution in [0.3, 0.4) is 0 Å². The summed E-state index contributed by atoms with van der Waals surface area (Å²) in [6.07, 6.45) is 2.39. The number of hydrogen-bond donors (Lipinski definition) is 1. The zero-order valence-corrected chi connectivity index (χ0v) is 17.2. The number of para-hydroxylation sites is 1. The van der Waals surface area contributed by atoms with E-state index in [4.69, 9.17) is 4.74 Å². The Kier molecular flexibility index (Phi) is 5.35. The van der Waals surface area contributed by atoms with E-state index < -0.39 is 0 Å². The molecule has 0 aliphatic carbocycles. The molecule has 1 N–H and O–H groups in total.